The molecule has 0 radical (unpaired) electrons. The van der Waals surface area contributed by atoms with Crippen LogP contribution in [0.4, 0.5) is 8.78 Å². The van der Waals surface area contributed by atoms with E-state index in [1.807, 2.05) is 13.0 Å². The molecule has 0 aliphatic heterocycles. The minimum atomic E-state index is -0.421. The Bertz CT molecular complexity index is 630. The average molecular weight is 272 g/mol. The molecule has 1 N–H and O–H groups in total. The molecule has 0 aliphatic rings. The zero-order valence-corrected chi connectivity index (χ0v) is 11.0. The highest BCUT2D eigenvalue weighted by Crippen LogP contribution is 2.15. The Kier molecular flexibility index (Phi) is 4.44. The van der Waals surface area contributed by atoms with Gasteiger partial charge in [0.2, 0.25) is 0 Å². The van der Waals surface area contributed by atoms with Crippen LogP contribution in [-0.4, -0.2) is 0 Å². The SMILES string of the molecule is C[C@@H](NCc1cc(F)cc(C#N)c1)c1ccc(F)cc1. The minimum absolute atomic E-state index is 0.00408. The third kappa shape index (κ3) is 3.62. The van der Waals surface area contributed by atoms with E-state index in [0.717, 1.165) is 5.56 Å². The summed E-state index contributed by atoms with van der Waals surface area (Å²) in [7, 11) is 0. The van der Waals surface area contributed by atoms with Crippen LogP contribution in [-0.2, 0) is 6.54 Å². The summed E-state index contributed by atoms with van der Waals surface area (Å²) < 4.78 is 26.1. The normalized spacial score (nSPS) is 11.9. The molecular weight excluding hydrogens is 258 g/mol. The Hall–Kier alpha value is -2.25. The maximum absolute atomic E-state index is 13.3. The summed E-state index contributed by atoms with van der Waals surface area (Å²) in [6.07, 6.45) is 0. The highest BCUT2D eigenvalue weighted by Gasteiger charge is 2.06. The maximum Gasteiger partial charge on any atom is 0.124 e. The van der Waals surface area contributed by atoms with Crippen LogP contribution in [0, 0.1) is 23.0 Å². The first-order chi connectivity index (χ1) is 9.58. The van der Waals surface area contributed by atoms with Crippen molar-refractivity contribution in [2.75, 3.05) is 0 Å². The van der Waals surface area contributed by atoms with Gasteiger partial charge in [0.05, 0.1) is 11.6 Å². The topological polar surface area (TPSA) is 35.8 Å². The lowest BCUT2D eigenvalue weighted by molar-refractivity contribution is 0.566. The molecule has 0 aromatic heterocycles. The number of nitrogens with one attached hydrogen (secondary N) is 1. The van der Waals surface area contributed by atoms with Crippen molar-refractivity contribution in [2.24, 2.45) is 0 Å². The lowest BCUT2D eigenvalue weighted by atomic mass is 10.1. The van der Waals surface area contributed by atoms with Gasteiger partial charge in [-0.25, -0.2) is 8.78 Å². The number of nitriles is 1. The van der Waals surface area contributed by atoms with Gasteiger partial charge < -0.3 is 5.32 Å². The summed E-state index contributed by atoms with van der Waals surface area (Å²) in [6.45, 7) is 2.38. The molecule has 4 heteroatoms. The van der Waals surface area contributed by atoms with Crippen molar-refractivity contribution in [1.29, 1.82) is 5.26 Å². The highest BCUT2D eigenvalue weighted by molar-refractivity contribution is 5.33. The van der Waals surface area contributed by atoms with Gasteiger partial charge in [0.1, 0.15) is 11.6 Å². The molecule has 0 fully saturated rings. The summed E-state index contributed by atoms with van der Waals surface area (Å²) in [5, 5.41) is 12.0. The number of rotatable bonds is 4. The molecule has 0 amide bonds. The predicted octanol–water partition coefficient (Wildman–Crippen LogP) is 3.69. The summed E-state index contributed by atoms with van der Waals surface area (Å²) in [5.41, 5.74) is 1.95. The van der Waals surface area contributed by atoms with Crippen LogP contribution < -0.4 is 5.32 Å². The molecule has 20 heavy (non-hydrogen) atoms. The first kappa shape index (κ1) is 14.2. The van der Waals surface area contributed by atoms with E-state index in [-0.39, 0.29) is 11.9 Å². The van der Waals surface area contributed by atoms with Gasteiger partial charge in [-0.3, -0.25) is 0 Å². The van der Waals surface area contributed by atoms with Crippen molar-refractivity contribution >= 4 is 0 Å². The lowest BCUT2D eigenvalue weighted by Gasteiger charge is -2.14. The summed E-state index contributed by atoms with van der Waals surface area (Å²) in [4.78, 5) is 0. The van der Waals surface area contributed by atoms with Crippen LogP contribution in [0.15, 0.2) is 42.5 Å². The maximum atomic E-state index is 13.3. The van der Waals surface area contributed by atoms with E-state index in [4.69, 9.17) is 5.26 Å². The first-order valence-corrected chi connectivity index (χ1v) is 6.27. The van der Waals surface area contributed by atoms with Crippen LogP contribution in [0.25, 0.3) is 0 Å². The van der Waals surface area contributed by atoms with Gasteiger partial charge in [-0.1, -0.05) is 12.1 Å². The number of hydrogen-bond donors (Lipinski definition) is 1. The largest absolute Gasteiger partial charge is 0.306 e. The Balaban J connectivity index is 2.03. The van der Waals surface area contributed by atoms with Gasteiger partial charge >= 0.3 is 0 Å². The predicted molar refractivity (Wildman–Crippen MR) is 72.8 cm³/mol. The van der Waals surface area contributed by atoms with E-state index in [0.29, 0.717) is 17.7 Å². The molecule has 0 heterocycles. The minimum Gasteiger partial charge on any atom is -0.306 e. The molecule has 2 rings (SSSR count). The zero-order valence-electron chi connectivity index (χ0n) is 11.0. The fourth-order valence-electron chi connectivity index (χ4n) is 1.96. The number of benzene rings is 2. The van der Waals surface area contributed by atoms with Crippen molar-refractivity contribution in [3.8, 4) is 6.07 Å². The van der Waals surface area contributed by atoms with E-state index in [2.05, 4.69) is 5.32 Å². The van der Waals surface area contributed by atoms with Gasteiger partial charge in [0.25, 0.3) is 0 Å². The van der Waals surface area contributed by atoms with Gasteiger partial charge in [-0.15, -0.1) is 0 Å². The smallest absolute Gasteiger partial charge is 0.124 e. The average Bonchev–Trinajstić information content (AvgIpc) is 2.45. The zero-order chi connectivity index (χ0) is 14.5. The molecule has 2 nitrogen and oxygen atoms in total. The monoisotopic (exact) mass is 272 g/mol. The molecule has 2 aromatic carbocycles. The number of nitrogens with zero attached hydrogens (tertiary/aromatic N) is 1. The fourth-order valence-corrected chi connectivity index (χ4v) is 1.96. The molecule has 102 valence electrons. The molecule has 0 aliphatic carbocycles. The van der Waals surface area contributed by atoms with Gasteiger partial charge in [0, 0.05) is 12.6 Å². The van der Waals surface area contributed by atoms with E-state index in [9.17, 15) is 8.78 Å². The standard InChI is InChI=1S/C16H14F2N2/c1-11(14-2-4-15(17)5-3-14)20-10-13-6-12(9-19)7-16(18)8-13/h2-8,11,20H,10H2,1H3/t11-/m1/s1. The molecule has 0 spiro atoms. The van der Waals surface area contributed by atoms with Crippen LogP contribution in [0.3, 0.4) is 0 Å². The molecule has 1 atom stereocenters. The second-order valence-corrected chi connectivity index (χ2v) is 4.61. The molecule has 0 saturated carbocycles. The quantitative estimate of drug-likeness (QED) is 0.921. The fraction of sp³-hybridized carbons (Fsp3) is 0.188. The third-order valence-corrected chi connectivity index (χ3v) is 3.07. The van der Waals surface area contributed by atoms with Crippen molar-refractivity contribution < 1.29 is 8.78 Å². The third-order valence-electron chi connectivity index (χ3n) is 3.07. The van der Waals surface area contributed by atoms with Crippen LogP contribution in [0.1, 0.15) is 29.7 Å². The van der Waals surface area contributed by atoms with Gasteiger partial charge in [0.15, 0.2) is 0 Å². The lowest BCUT2D eigenvalue weighted by Crippen LogP contribution is -2.18. The van der Waals surface area contributed by atoms with E-state index in [1.54, 1.807) is 18.2 Å². The van der Waals surface area contributed by atoms with Crippen LogP contribution in [0.5, 0.6) is 0 Å². The van der Waals surface area contributed by atoms with E-state index < -0.39 is 5.82 Å². The Labute approximate surface area is 116 Å². The van der Waals surface area contributed by atoms with E-state index in [1.165, 1.54) is 24.3 Å². The highest BCUT2D eigenvalue weighted by atomic mass is 19.1. The Morgan fingerprint density at radius 1 is 1.10 bits per heavy atom. The second kappa shape index (κ2) is 6.27. The van der Waals surface area contributed by atoms with Crippen molar-refractivity contribution in [3.05, 3.63) is 70.8 Å². The molecular formula is C16H14F2N2. The van der Waals surface area contributed by atoms with Crippen molar-refractivity contribution in [2.45, 2.75) is 19.5 Å². The van der Waals surface area contributed by atoms with Crippen LogP contribution >= 0.6 is 0 Å². The number of halogens is 2. The molecule has 2 aromatic rings. The summed E-state index contributed by atoms with van der Waals surface area (Å²) in [5.74, 6) is -0.694. The van der Waals surface area contributed by atoms with Gasteiger partial charge in [-0.05, 0) is 48.4 Å². The Morgan fingerprint density at radius 3 is 2.45 bits per heavy atom. The van der Waals surface area contributed by atoms with Gasteiger partial charge in [-0.2, -0.15) is 5.26 Å². The number of hydrogen-bond acceptors (Lipinski definition) is 2. The molecule has 0 bridgehead atoms. The summed E-state index contributed by atoms with van der Waals surface area (Å²) >= 11 is 0. The summed E-state index contributed by atoms with van der Waals surface area (Å²) in [6, 6.07) is 12.4. The van der Waals surface area contributed by atoms with Crippen LogP contribution in [0.2, 0.25) is 0 Å². The van der Waals surface area contributed by atoms with E-state index >= 15 is 0 Å². The Morgan fingerprint density at radius 2 is 1.80 bits per heavy atom. The first-order valence-electron chi connectivity index (χ1n) is 6.27. The molecule has 0 unspecified atom stereocenters. The van der Waals surface area contributed by atoms with Crippen molar-refractivity contribution in [1.82, 2.24) is 5.32 Å². The molecule has 0 saturated heterocycles. The van der Waals surface area contributed by atoms with Crippen molar-refractivity contribution in [3.63, 3.8) is 0 Å². The second-order valence-electron chi connectivity index (χ2n) is 4.61.